The van der Waals surface area contributed by atoms with Gasteiger partial charge in [-0.05, 0) is 6.07 Å². The van der Waals surface area contributed by atoms with E-state index in [-0.39, 0.29) is 12.4 Å². The van der Waals surface area contributed by atoms with Crippen LogP contribution in [0.2, 0.25) is 0 Å². The van der Waals surface area contributed by atoms with Crippen LogP contribution in [-0.2, 0) is 4.74 Å². The molecule has 0 aliphatic heterocycles. The molecule has 0 unspecified atom stereocenters. The Morgan fingerprint density at radius 3 is 2.52 bits per heavy atom. The van der Waals surface area contributed by atoms with Crippen LogP contribution in [0, 0.1) is 10.1 Å². The van der Waals surface area contributed by atoms with Crippen molar-refractivity contribution in [2.24, 2.45) is 0 Å². The fourth-order valence-corrected chi connectivity index (χ4v) is 1.32. The van der Waals surface area contributed by atoms with Gasteiger partial charge in [-0.25, -0.2) is 4.79 Å². The Kier molecular flexibility index (Phi) is 5.47. The zero-order valence-corrected chi connectivity index (χ0v) is 10.4. The first-order valence-corrected chi connectivity index (χ1v) is 5.50. The summed E-state index contributed by atoms with van der Waals surface area (Å²) in [5, 5.41) is 19.4. The first-order valence-electron chi connectivity index (χ1n) is 5.50. The van der Waals surface area contributed by atoms with Crippen LogP contribution >= 0.6 is 0 Å². The zero-order chi connectivity index (χ0) is 16.0. The second kappa shape index (κ2) is 6.88. The molecule has 116 valence electrons. The smallest absolute Gasteiger partial charge is 0.411 e. The second-order valence-corrected chi connectivity index (χ2v) is 3.76. The van der Waals surface area contributed by atoms with Crippen LogP contribution in [-0.4, -0.2) is 42.0 Å². The molecular weight excluding hydrogens is 299 g/mol. The van der Waals surface area contributed by atoms with Crippen LogP contribution in [0.1, 0.15) is 10.4 Å². The number of carboxylic acids is 1. The van der Waals surface area contributed by atoms with Crippen LogP contribution < -0.4 is 4.74 Å². The number of aromatic carboxylic acids is 1. The van der Waals surface area contributed by atoms with Crippen molar-refractivity contribution in [3.63, 3.8) is 0 Å². The van der Waals surface area contributed by atoms with Gasteiger partial charge in [-0.1, -0.05) is 0 Å². The van der Waals surface area contributed by atoms with E-state index in [1.165, 1.54) is 0 Å². The number of carboxylic acid groups (broad SMARTS) is 1. The Bertz CT molecular complexity index is 531. The van der Waals surface area contributed by atoms with Gasteiger partial charge in [-0.15, -0.1) is 0 Å². The minimum atomic E-state index is -4.46. The molecule has 0 bridgehead atoms. The highest BCUT2D eigenvalue weighted by Gasteiger charge is 2.27. The number of ether oxygens (including phenoxy) is 2. The molecule has 0 aliphatic carbocycles. The molecule has 0 saturated carbocycles. The zero-order valence-electron chi connectivity index (χ0n) is 10.4. The first kappa shape index (κ1) is 16.7. The number of rotatable bonds is 7. The predicted molar refractivity (Wildman–Crippen MR) is 62.4 cm³/mol. The highest BCUT2D eigenvalue weighted by Crippen LogP contribution is 2.24. The quantitative estimate of drug-likeness (QED) is 0.471. The summed E-state index contributed by atoms with van der Waals surface area (Å²) in [6.45, 7) is -2.17. The molecule has 21 heavy (non-hydrogen) atoms. The van der Waals surface area contributed by atoms with Crippen molar-refractivity contribution >= 4 is 11.7 Å². The van der Waals surface area contributed by atoms with Crippen LogP contribution in [0.4, 0.5) is 18.9 Å². The second-order valence-electron chi connectivity index (χ2n) is 3.76. The number of nitro benzene ring substituents is 1. The molecule has 0 radical (unpaired) electrons. The molecule has 1 aromatic carbocycles. The molecule has 10 heteroatoms. The largest absolute Gasteiger partial charge is 0.490 e. The van der Waals surface area contributed by atoms with E-state index in [1.54, 1.807) is 0 Å². The minimum Gasteiger partial charge on any atom is -0.490 e. The fraction of sp³-hybridized carbons (Fsp3) is 0.364. The molecule has 1 aromatic rings. The van der Waals surface area contributed by atoms with E-state index in [4.69, 9.17) is 9.84 Å². The molecule has 0 amide bonds. The van der Waals surface area contributed by atoms with Crippen molar-refractivity contribution in [3.05, 3.63) is 33.9 Å². The topological polar surface area (TPSA) is 98.9 Å². The summed E-state index contributed by atoms with van der Waals surface area (Å²) < 4.78 is 44.6. The van der Waals surface area contributed by atoms with Gasteiger partial charge in [0.25, 0.3) is 5.69 Å². The van der Waals surface area contributed by atoms with Crippen molar-refractivity contribution < 1.29 is 37.5 Å². The monoisotopic (exact) mass is 309 g/mol. The van der Waals surface area contributed by atoms with E-state index in [1.807, 2.05) is 0 Å². The lowest BCUT2D eigenvalue weighted by Crippen LogP contribution is -2.19. The molecule has 0 fully saturated rings. The van der Waals surface area contributed by atoms with Gasteiger partial charge >= 0.3 is 12.1 Å². The summed E-state index contributed by atoms with van der Waals surface area (Å²) in [4.78, 5) is 20.7. The van der Waals surface area contributed by atoms with E-state index in [2.05, 4.69) is 4.74 Å². The molecule has 7 nitrogen and oxygen atoms in total. The summed E-state index contributed by atoms with van der Waals surface area (Å²) in [6.07, 6.45) is -4.46. The van der Waals surface area contributed by atoms with Crippen LogP contribution in [0.15, 0.2) is 18.2 Å². The van der Waals surface area contributed by atoms with Gasteiger partial charge in [-0.3, -0.25) is 10.1 Å². The number of non-ortho nitro benzene ring substituents is 1. The summed E-state index contributed by atoms with van der Waals surface area (Å²) in [7, 11) is 0. The number of nitrogens with zero attached hydrogens (tertiary/aromatic N) is 1. The number of hydrogen-bond acceptors (Lipinski definition) is 5. The van der Waals surface area contributed by atoms with Gasteiger partial charge in [0, 0.05) is 12.1 Å². The number of nitro groups is 1. The lowest BCUT2D eigenvalue weighted by atomic mass is 10.2. The third-order valence-electron chi connectivity index (χ3n) is 2.16. The Hall–Kier alpha value is -2.36. The number of carbonyl (C=O) groups is 1. The molecule has 0 saturated heterocycles. The van der Waals surface area contributed by atoms with Crippen LogP contribution in [0.5, 0.6) is 5.75 Å². The maximum Gasteiger partial charge on any atom is 0.411 e. The lowest BCUT2D eigenvalue weighted by molar-refractivity contribution is -0.384. The van der Waals surface area contributed by atoms with Gasteiger partial charge in [0.15, 0.2) is 0 Å². The molecule has 1 N–H and O–H groups in total. The van der Waals surface area contributed by atoms with E-state index < -0.39 is 41.5 Å². The molecular formula is C11H10F3NO6. The molecule has 1 rings (SSSR count). The summed E-state index contributed by atoms with van der Waals surface area (Å²) in [5.74, 6) is -1.64. The molecule has 0 atom stereocenters. The molecule has 0 heterocycles. The maximum atomic E-state index is 11.8. The van der Waals surface area contributed by atoms with Crippen molar-refractivity contribution in [2.75, 3.05) is 19.8 Å². The Morgan fingerprint density at radius 2 is 2.00 bits per heavy atom. The predicted octanol–water partition coefficient (Wildman–Crippen LogP) is 2.25. The van der Waals surface area contributed by atoms with Crippen molar-refractivity contribution in [1.82, 2.24) is 0 Å². The third kappa shape index (κ3) is 5.65. The summed E-state index contributed by atoms with van der Waals surface area (Å²) in [6, 6.07) is 2.89. The average Bonchev–Trinajstić information content (AvgIpc) is 2.36. The average molecular weight is 309 g/mol. The Balaban J connectivity index is 2.62. The number of benzene rings is 1. The van der Waals surface area contributed by atoms with Gasteiger partial charge in [0.2, 0.25) is 0 Å². The fourth-order valence-electron chi connectivity index (χ4n) is 1.32. The summed E-state index contributed by atoms with van der Waals surface area (Å²) >= 11 is 0. The maximum absolute atomic E-state index is 11.8. The van der Waals surface area contributed by atoms with E-state index in [0.717, 1.165) is 18.2 Å². The number of hydrogen-bond donors (Lipinski definition) is 1. The van der Waals surface area contributed by atoms with Gasteiger partial charge in [0.05, 0.1) is 11.5 Å². The normalized spacial score (nSPS) is 11.2. The molecule has 0 aliphatic rings. The third-order valence-corrected chi connectivity index (χ3v) is 2.16. The Labute approximate surface area is 116 Å². The summed E-state index contributed by atoms with van der Waals surface area (Å²) in [5.41, 5.74) is -0.895. The van der Waals surface area contributed by atoms with Crippen LogP contribution in [0.25, 0.3) is 0 Å². The van der Waals surface area contributed by atoms with Gasteiger partial charge < -0.3 is 14.6 Å². The van der Waals surface area contributed by atoms with Crippen molar-refractivity contribution in [2.45, 2.75) is 6.18 Å². The van der Waals surface area contributed by atoms with E-state index in [0.29, 0.717) is 0 Å². The number of halogens is 3. The van der Waals surface area contributed by atoms with Crippen LogP contribution in [0.3, 0.4) is 0 Å². The highest BCUT2D eigenvalue weighted by atomic mass is 19.4. The molecule has 0 aromatic heterocycles. The molecule has 0 spiro atoms. The standard InChI is InChI=1S/C11H10F3NO6/c12-11(13,14)6-20-3-4-21-9-2-1-7(15(18)19)5-8(9)10(16)17/h1-2,5H,3-4,6H2,(H,16,17). The van der Waals surface area contributed by atoms with Crippen molar-refractivity contribution in [3.8, 4) is 5.75 Å². The number of alkyl halides is 3. The van der Waals surface area contributed by atoms with Gasteiger partial charge in [-0.2, -0.15) is 13.2 Å². The SMILES string of the molecule is O=C(O)c1cc([N+](=O)[O-])ccc1OCCOCC(F)(F)F. The Morgan fingerprint density at radius 1 is 1.33 bits per heavy atom. The first-order chi connectivity index (χ1) is 9.70. The minimum absolute atomic E-state index is 0.191. The highest BCUT2D eigenvalue weighted by molar-refractivity contribution is 5.91. The van der Waals surface area contributed by atoms with Gasteiger partial charge in [0.1, 0.15) is 24.5 Å². The lowest BCUT2D eigenvalue weighted by Gasteiger charge is -2.10. The van der Waals surface area contributed by atoms with E-state index in [9.17, 15) is 28.1 Å². The van der Waals surface area contributed by atoms with E-state index >= 15 is 0 Å². The van der Waals surface area contributed by atoms with Crippen molar-refractivity contribution in [1.29, 1.82) is 0 Å².